The zero-order chi connectivity index (χ0) is 28.4. The van der Waals surface area contributed by atoms with Crippen LogP contribution >= 0.6 is 11.6 Å². The smallest absolute Gasteiger partial charge is 0.254 e. The van der Waals surface area contributed by atoms with E-state index >= 15 is 0 Å². The molecular formula is C32H31ClN2O5. The zero-order valence-corrected chi connectivity index (χ0v) is 23.6. The number of ketones is 1. The first-order valence-electron chi connectivity index (χ1n) is 13.0. The summed E-state index contributed by atoms with van der Waals surface area (Å²) in [4.78, 5) is 27.7. The van der Waals surface area contributed by atoms with Crippen LogP contribution in [0, 0.1) is 0 Å². The van der Waals surface area contributed by atoms with E-state index in [1.54, 1.807) is 51.7 Å². The Balaban J connectivity index is 1.53. The number of allylic oxidation sites excluding steroid dienone is 3. The maximum atomic E-state index is 13.9. The van der Waals surface area contributed by atoms with Crippen LogP contribution in [0.5, 0.6) is 17.2 Å². The van der Waals surface area contributed by atoms with Gasteiger partial charge < -0.3 is 24.8 Å². The lowest BCUT2D eigenvalue weighted by Crippen LogP contribution is -2.37. The Morgan fingerprint density at radius 1 is 0.900 bits per heavy atom. The van der Waals surface area contributed by atoms with E-state index in [9.17, 15) is 9.59 Å². The van der Waals surface area contributed by atoms with Gasteiger partial charge in [-0.1, -0.05) is 29.8 Å². The second-order valence-corrected chi connectivity index (χ2v) is 10.3. The summed E-state index contributed by atoms with van der Waals surface area (Å²) in [7, 11) is 4.78. The number of amides is 1. The lowest BCUT2D eigenvalue weighted by atomic mass is 9.71. The fraction of sp³-hybridized carbons (Fsp3) is 0.250. The van der Waals surface area contributed by atoms with Gasteiger partial charge in [0.25, 0.3) is 5.91 Å². The molecule has 2 atom stereocenters. The molecule has 2 N–H and O–H groups in total. The van der Waals surface area contributed by atoms with Gasteiger partial charge in [0.2, 0.25) is 0 Å². The Morgan fingerprint density at radius 2 is 1.65 bits per heavy atom. The number of carbonyl (C=O) groups excluding carboxylic acids is 2. The van der Waals surface area contributed by atoms with Crippen molar-refractivity contribution in [1.29, 1.82) is 0 Å². The normalized spacial score (nSPS) is 18.6. The molecular weight excluding hydrogens is 528 g/mol. The second-order valence-electron chi connectivity index (χ2n) is 9.87. The van der Waals surface area contributed by atoms with Gasteiger partial charge in [0.05, 0.1) is 21.3 Å². The summed E-state index contributed by atoms with van der Waals surface area (Å²) < 4.78 is 16.1. The first-order chi connectivity index (χ1) is 19.3. The first kappa shape index (κ1) is 27.3. The summed E-state index contributed by atoms with van der Waals surface area (Å²) in [6.07, 6.45) is 0.915. The van der Waals surface area contributed by atoms with Crippen molar-refractivity contribution >= 4 is 29.0 Å². The number of nitrogens with one attached hydrogen (secondary N) is 2. The van der Waals surface area contributed by atoms with E-state index < -0.39 is 5.92 Å². The van der Waals surface area contributed by atoms with Crippen molar-refractivity contribution in [3.63, 3.8) is 0 Å². The molecule has 1 aliphatic carbocycles. The average Bonchev–Trinajstić information content (AvgIpc) is 2.96. The van der Waals surface area contributed by atoms with Crippen molar-refractivity contribution in [2.45, 2.75) is 31.6 Å². The highest BCUT2D eigenvalue weighted by Crippen LogP contribution is 2.46. The molecule has 1 heterocycles. The number of hydrogen-bond donors (Lipinski definition) is 2. The molecule has 1 amide bonds. The average molecular weight is 559 g/mol. The number of Topliss-reactive ketones (excluding diaryl/α,β-unsaturated/α-hetero) is 1. The SMILES string of the molecule is COc1ccc(NC(=O)C2=C(C)NC3=C(C(=O)C[C@H](c4ccc(OC)c(OC)c4)C3)[C@H]2c2cccc(Cl)c2)cc1. The van der Waals surface area contributed by atoms with Crippen molar-refractivity contribution in [3.05, 3.63) is 105 Å². The third kappa shape index (κ3) is 5.29. The van der Waals surface area contributed by atoms with E-state index in [1.165, 1.54) is 0 Å². The summed E-state index contributed by atoms with van der Waals surface area (Å²) in [5.74, 6) is 1.03. The number of benzene rings is 3. The van der Waals surface area contributed by atoms with Gasteiger partial charge in [-0.3, -0.25) is 9.59 Å². The molecule has 5 rings (SSSR count). The molecule has 3 aromatic rings. The third-order valence-corrected chi connectivity index (χ3v) is 7.72. The standard InChI is InChI=1S/C32H31ClN2O5/c1-18-29(32(37)35-23-9-11-24(38-2)12-10-23)30(20-6-5-7-22(33)14-20)31-25(34-18)15-21(16-26(31)36)19-8-13-27(39-3)28(17-19)40-4/h5-14,17,21,30,34H,15-16H2,1-4H3,(H,35,37)/t21-,30+/m1/s1. The Morgan fingerprint density at radius 3 is 2.33 bits per heavy atom. The minimum Gasteiger partial charge on any atom is -0.497 e. The third-order valence-electron chi connectivity index (χ3n) is 7.48. The number of rotatable bonds is 7. The molecule has 0 bridgehead atoms. The molecule has 2 aliphatic rings. The number of ether oxygens (including phenoxy) is 3. The van der Waals surface area contributed by atoms with E-state index in [-0.39, 0.29) is 17.6 Å². The van der Waals surface area contributed by atoms with E-state index in [0.717, 1.165) is 16.8 Å². The molecule has 0 unspecified atom stereocenters. The van der Waals surface area contributed by atoms with Crippen molar-refractivity contribution < 1.29 is 23.8 Å². The predicted molar refractivity (Wildman–Crippen MR) is 155 cm³/mol. The molecule has 0 radical (unpaired) electrons. The Hall–Kier alpha value is -4.23. The summed E-state index contributed by atoms with van der Waals surface area (Å²) >= 11 is 6.39. The number of halogens is 1. The minimum atomic E-state index is -0.563. The van der Waals surface area contributed by atoms with Crippen LogP contribution in [0.2, 0.25) is 5.02 Å². The number of hydrogen-bond acceptors (Lipinski definition) is 6. The molecule has 3 aromatic carbocycles. The molecule has 1 aliphatic heterocycles. The lowest BCUT2D eigenvalue weighted by molar-refractivity contribution is -0.116. The summed E-state index contributed by atoms with van der Waals surface area (Å²) in [5.41, 5.74) is 5.00. The number of anilines is 1. The van der Waals surface area contributed by atoms with Crippen LogP contribution in [0.3, 0.4) is 0 Å². The fourth-order valence-electron chi connectivity index (χ4n) is 5.57. The van der Waals surface area contributed by atoms with Crippen molar-refractivity contribution in [2.24, 2.45) is 0 Å². The van der Waals surface area contributed by atoms with Crippen LogP contribution < -0.4 is 24.8 Å². The minimum absolute atomic E-state index is 0.0132. The molecule has 8 heteroatoms. The van der Waals surface area contributed by atoms with Gasteiger partial charge in [-0.05, 0) is 78.9 Å². The van der Waals surface area contributed by atoms with Gasteiger partial charge in [-0.15, -0.1) is 0 Å². The molecule has 40 heavy (non-hydrogen) atoms. The Labute approximate surface area is 238 Å². The van der Waals surface area contributed by atoms with Crippen molar-refractivity contribution in [3.8, 4) is 17.2 Å². The van der Waals surface area contributed by atoms with Crippen LogP contribution in [0.4, 0.5) is 5.69 Å². The van der Waals surface area contributed by atoms with Crippen LogP contribution in [0.1, 0.15) is 42.7 Å². The highest BCUT2D eigenvalue weighted by molar-refractivity contribution is 6.30. The largest absolute Gasteiger partial charge is 0.497 e. The number of dihydropyridines is 1. The Kier molecular flexibility index (Phi) is 7.85. The fourth-order valence-corrected chi connectivity index (χ4v) is 5.77. The zero-order valence-electron chi connectivity index (χ0n) is 22.8. The van der Waals surface area contributed by atoms with E-state index in [1.807, 2.05) is 43.3 Å². The molecule has 0 fully saturated rings. The van der Waals surface area contributed by atoms with E-state index in [2.05, 4.69) is 10.6 Å². The van der Waals surface area contributed by atoms with Gasteiger partial charge in [-0.2, -0.15) is 0 Å². The van der Waals surface area contributed by atoms with Gasteiger partial charge in [0.15, 0.2) is 17.3 Å². The number of methoxy groups -OCH3 is 3. The maximum Gasteiger partial charge on any atom is 0.254 e. The summed E-state index contributed by atoms with van der Waals surface area (Å²) in [6.45, 7) is 1.87. The van der Waals surface area contributed by atoms with Crippen LogP contribution in [0.25, 0.3) is 0 Å². The van der Waals surface area contributed by atoms with Gasteiger partial charge in [0.1, 0.15) is 5.75 Å². The number of carbonyl (C=O) groups is 2. The van der Waals surface area contributed by atoms with Crippen LogP contribution in [-0.2, 0) is 9.59 Å². The van der Waals surface area contributed by atoms with E-state index in [4.69, 9.17) is 25.8 Å². The highest BCUT2D eigenvalue weighted by atomic mass is 35.5. The first-order valence-corrected chi connectivity index (χ1v) is 13.4. The van der Waals surface area contributed by atoms with Crippen LogP contribution in [0.15, 0.2) is 89.3 Å². The van der Waals surface area contributed by atoms with Gasteiger partial charge >= 0.3 is 0 Å². The van der Waals surface area contributed by atoms with Crippen molar-refractivity contribution in [2.75, 3.05) is 26.6 Å². The second kappa shape index (κ2) is 11.5. The molecule has 0 spiro atoms. The lowest BCUT2D eigenvalue weighted by Gasteiger charge is -2.37. The summed E-state index contributed by atoms with van der Waals surface area (Å²) in [6, 6.07) is 20.2. The summed E-state index contributed by atoms with van der Waals surface area (Å²) in [5, 5.41) is 6.95. The highest BCUT2D eigenvalue weighted by Gasteiger charge is 2.41. The van der Waals surface area contributed by atoms with Crippen LogP contribution in [-0.4, -0.2) is 33.0 Å². The maximum absolute atomic E-state index is 13.9. The molecule has 0 saturated carbocycles. The molecule has 0 aromatic heterocycles. The van der Waals surface area contributed by atoms with Gasteiger partial charge in [-0.25, -0.2) is 0 Å². The quantitative estimate of drug-likeness (QED) is 0.351. The Bertz CT molecular complexity index is 1530. The topological polar surface area (TPSA) is 85.9 Å². The molecule has 7 nitrogen and oxygen atoms in total. The van der Waals surface area contributed by atoms with Gasteiger partial charge in [0, 0.05) is 45.6 Å². The molecule has 206 valence electrons. The molecule has 0 saturated heterocycles. The van der Waals surface area contributed by atoms with Crippen molar-refractivity contribution in [1.82, 2.24) is 5.32 Å². The predicted octanol–water partition coefficient (Wildman–Crippen LogP) is 6.37. The monoisotopic (exact) mass is 558 g/mol. The van der Waals surface area contributed by atoms with E-state index in [0.29, 0.717) is 57.6 Å².